The van der Waals surface area contributed by atoms with Crippen LogP contribution in [0.5, 0.6) is 0 Å². The van der Waals surface area contributed by atoms with Gasteiger partial charge in [-0.25, -0.2) is 4.39 Å². The molecule has 0 radical (unpaired) electrons. The molecule has 2 fully saturated rings. The van der Waals surface area contributed by atoms with Crippen molar-refractivity contribution in [3.63, 3.8) is 0 Å². The van der Waals surface area contributed by atoms with Gasteiger partial charge in [-0.3, -0.25) is 0 Å². The highest BCUT2D eigenvalue weighted by Gasteiger charge is 3.01. The predicted octanol–water partition coefficient (Wildman–Crippen LogP) is 6.59. The van der Waals surface area contributed by atoms with Crippen molar-refractivity contribution in [2.24, 2.45) is 11.8 Å². The summed E-state index contributed by atoms with van der Waals surface area (Å²) >= 11 is 0. The van der Waals surface area contributed by atoms with Crippen molar-refractivity contribution in [3.8, 4) is 0 Å². The largest absolute Gasteiger partial charge is 0.378 e. The fourth-order valence-corrected chi connectivity index (χ4v) is 3.82. The van der Waals surface area contributed by atoms with E-state index < -0.39 is 78.2 Å². The van der Waals surface area contributed by atoms with Gasteiger partial charge in [0.2, 0.25) is 0 Å². The number of unbranched alkanes of at least 4 members (excludes halogenated alkanes) is 1. The zero-order chi connectivity index (χ0) is 23.3. The lowest BCUT2D eigenvalue weighted by Gasteiger charge is -2.61. The lowest BCUT2D eigenvalue weighted by molar-refractivity contribution is -0.500. The number of fused-ring (bicyclic) bond motifs is 1. The first kappa shape index (κ1) is 24.2. The van der Waals surface area contributed by atoms with Crippen LogP contribution in [0.1, 0.15) is 26.2 Å². The highest BCUT2D eigenvalue weighted by Crippen LogP contribution is 2.76. The van der Waals surface area contributed by atoms with Crippen molar-refractivity contribution in [2.75, 3.05) is 0 Å². The third-order valence-electron chi connectivity index (χ3n) is 5.46. The number of halogens is 15. The van der Waals surface area contributed by atoms with Crippen LogP contribution in [-0.2, 0) is 0 Å². The van der Waals surface area contributed by atoms with Crippen LogP contribution in [-0.4, -0.2) is 47.1 Å². The molecule has 29 heavy (non-hydrogen) atoms. The van der Waals surface area contributed by atoms with Crippen LogP contribution in [0, 0.1) is 11.8 Å². The molecule has 0 heterocycles. The molecular weight excluding hydrogens is 453 g/mol. The summed E-state index contributed by atoms with van der Waals surface area (Å²) in [6, 6.07) is 0. The molecule has 0 amide bonds. The molecule has 2 aliphatic rings. The molecule has 2 saturated carbocycles. The van der Waals surface area contributed by atoms with E-state index in [4.69, 9.17) is 0 Å². The molecule has 2 aliphatic carbocycles. The summed E-state index contributed by atoms with van der Waals surface area (Å²) in [5.74, 6) is -60.7. The Bertz CT molecular complexity index is 658. The maximum Gasteiger partial charge on any atom is 0.378 e. The summed E-state index contributed by atoms with van der Waals surface area (Å²) in [6.07, 6.45) is -3.84. The van der Waals surface area contributed by atoms with Crippen LogP contribution in [0.4, 0.5) is 65.9 Å². The molecule has 0 nitrogen and oxygen atoms in total. The van der Waals surface area contributed by atoms with Crippen LogP contribution >= 0.6 is 0 Å². The molecule has 0 bridgehead atoms. The summed E-state index contributed by atoms with van der Waals surface area (Å²) < 4.78 is 209. The summed E-state index contributed by atoms with van der Waals surface area (Å²) in [4.78, 5) is 0. The van der Waals surface area contributed by atoms with Crippen molar-refractivity contribution < 1.29 is 65.9 Å². The summed E-state index contributed by atoms with van der Waals surface area (Å²) in [5, 5.41) is 0. The fraction of sp³-hybridized carbons (Fsp3) is 1.00. The van der Waals surface area contributed by atoms with Crippen LogP contribution in [0.2, 0.25) is 0 Å². The Labute approximate surface area is 152 Å². The van der Waals surface area contributed by atoms with Crippen molar-refractivity contribution in [1.29, 1.82) is 0 Å². The lowest BCUT2D eigenvalue weighted by Crippen LogP contribution is -2.86. The van der Waals surface area contributed by atoms with Gasteiger partial charge in [-0.15, -0.1) is 0 Å². The average molecular weight is 464 g/mol. The Morgan fingerprint density at radius 2 is 0.793 bits per heavy atom. The average Bonchev–Trinajstić information content (AvgIpc) is 2.53. The Morgan fingerprint density at radius 1 is 0.483 bits per heavy atom. The number of rotatable bonds is 3. The van der Waals surface area contributed by atoms with Gasteiger partial charge in [0.1, 0.15) is 5.92 Å². The van der Waals surface area contributed by atoms with Crippen LogP contribution in [0.3, 0.4) is 0 Å². The Morgan fingerprint density at radius 3 is 1.14 bits per heavy atom. The molecule has 0 spiro atoms. The van der Waals surface area contributed by atoms with Gasteiger partial charge < -0.3 is 0 Å². The van der Waals surface area contributed by atoms with Gasteiger partial charge in [0.15, 0.2) is 5.67 Å². The maximum atomic E-state index is 15.0. The number of hydrogen-bond donors (Lipinski definition) is 0. The molecule has 0 N–H and O–H groups in total. The van der Waals surface area contributed by atoms with Crippen LogP contribution in [0.15, 0.2) is 0 Å². The zero-order valence-corrected chi connectivity index (χ0v) is 13.9. The predicted molar refractivity (Wildman–Crippen MR) is 65.0 cm³/mol. The first-order chi connectivity index (χ1) is 12.5. The van der Waals surface area contributed by atoms with Gasteiger partial charge in [0.05, 0.1) is 5.92 Å². The number of alkyl halides is 15. The SMILES string of the molecule is CCCCC1(F)C2C(C(F)(F)C(F)(F)C(F)(F)C2(F)F)C(F)(F)C(F)(F)C1(F)F. The van der Waals surface area contributed by atoms with Gasteiger partial charge in [-0.2, -0.15) is 61.5 Å². The third-order valence-corrected chi connectivity index (χ3v) is 5.46. The molecule has 0 aromatic heterocycles. The van der Waals surface area contributed by atoms with Gasteiger partial charge in [-0.05, 0) is 6.42 Å². The summed E-state index contributed by atoms with van der Waals surface area (Å²) in [7, 11) is 0. The zero-order valence-electron chi connectivity index (χ0n) is 13.9. The summed E-state index contributed by atoms with van der Waals surface area (Å²) in [6.45, 7) is 1.02. The molecule has 0 aromatic rings. The van der Waals surface area contributed by atoms with Crippen molar-refractivity contribution in [3.05, 3.63) is 0 Å². The minimum atomic E-state index is -7.39. The van der Waals surface area contributed by atoms with E-state index in [0.717, 1.165) is 6.92 Å². The topological polar surface area (TPSA) is 0 Å². The van der Waals surface area contributed by atoms with E-state index in [1.807, 2.05) is 0 Å². The second-order valence-corrected chi connectivity index (χ2v) is 7.09. The first-order valence-electron chi connectivity index (χ1n) is 7.88. The van der Waals surface area contributed by atoms with E-state index in [1.165, 1.54) is 0 Å². The molecule has 3 atom stereocenters. The first-order valence-corrected chi connectivity index (χ1v) is 7.88. The minimum absolute atomic E-state index is 0.477. The third kappa shape index (κ3) is 2.27. The van der Waals surface area contributed by atoms with Gasteiger partial charge in [0, 0.05) is 0 Å². The van der Waals surface area contributed by atoms with Gasteiger partial charge in [-0.1, -0.05) is 19.8 Å². The summed E-state index contributed by atoms with van der Waals surface area (Å²) in [5.41, 5.74) is -5.79. The van der Waals surface area contributed by atoms with E-state index >= 15 is 0 Å². The fourth-order valence-electron chi connectivity index (χ4n) is 3.82. The normalized spacial score (nSPS) is 40.1. The highest BCUT2D eigenvalue weighted by molar-refractivity contribution is 5.29. The smallest absolute Gasteiger partial charge is 0.236 e. The quantitative estimate of drug-likeness (QED) is 0.414. The van der Waals surface area contributed by atoms with Gasteiger partial charge in [0.25, 0.3) is 0 Å². The molecule has 0 aromatic carbocycles. The highest BCUT2D eigenvalue weighted by atomic mass is 19.4. The Hall–Kier alpha value is -1.05. The van der Waals surface area contributed by atoms with E-state index in [1.54, 1.807) is 0 Å². The van der Waals surface area contributed by atoms with Crippen LogP contribution in [0.25, 0.3) is 0 Å². The maximum absolute atomic E-state index is 15.0. The van der Waals surface area contributed by atoms with Crippen molar-refractivity contribution in [1.82, 2.24) is 0 Å². The minimum Gasteiger partial charge on any atom is -0.236 e. The molecule has 3 unspecified atom stereocenters. The van der Waals surface area contributed by atoms with E-state index in [2.05, 4.69) is 0 Å². The van der Waals surface area contributed by atoms with Gasteiger partial charge >= 0.3 is 41.5 Å². The standard InChI is InChI=1S/C14H11F15/c1-2-3-4-7(15)5-6(9(18,19)12(24,25)11(7,22)23)10(20,21)14(28,29)13(26,27)8(5,16)17/h5-6H,2-4H2,1H3. The second kappa shape index (κ2) is 5.80. The van der Waals surface area contributed by atoms with E-state index in [0.29, 0.717) is 0 Å². The lowest BCUT2D eigenvalue weighted by atomic mass is 9.53. The van der Waals surface area contributed by atoms with E-state index in [9.17, 15) is 65.9 Å². The van der Waals surface area contributed by atoms with E-state index in [-0.39, 0.29) is 0 Å². The molecule has 172 valence electrons. The molecule has 15 heteroatoms. The van der Waals surface area contributed by atoms with Crippen molar-refractivity contribution >= 4 is 0 Å². The Balaban J connectivity index is 2.99. The van der Waals surface area contributed by atoms with Crippen LogP contribution < -0.4 is 0 Å². The molecule has 2 rings (SSSR count). The molecule has 0 aliphatic heterocycles. The van der Waals surface area contributed by atoms with Crippen molar-refractivity contribution in [2.45, 2.75) is 73.3 Å². The Kier molecular flexibility index (Phi) is 4.84. The monoisotopic (exact) mass is 464 g/mol. The molecular formula is C14H11F15. The number of hydrogen-bond acceptors (Lipinski definition) is 0. The molecule has 0 saturated heterocycles. The second-order valence-electron chi connectivity index (χ2n) is 7.09.